The molecule has 1 aliphatic rings. The first kappa shape index (κ1) is 21.2. The van der Waals surface area contributed by atoms with Crippen LogP contribution >= 0.6 is 23.2 Å². The van der Waals surface area contributed by atoms with Crippen LogP contribution < -0.4 is 14.8 Å². The number of nitrogens with zero attached hydrogens (tertiary/aromatic N) is 1. The van der Waals surface area contributed by atoms with Crippen LogP contribution in [0.1, 0.15) is 25.0 Å². The number of halogens is 2. The summed E-state index contributed by atoms with van der Waals surface area (Å²) in [4.78, 5) is 27.9. The van der Waals surface area contributed by atoms with Crippen LogP contribution in [-0.2, 0) is 20.7 Å². The number of hydrogen-bond donors (Lipinski definition) is 1. The molecule has 0 radical (unpaired) electrons. The van der Waals surface area contributed by atoms with Gasteiger partial charge in [0.25, 0.3) is 5.91 Å². The SMILES string of the molecule is Cc1c(Cl)cnc(NC(=O)COC(=O)COc2cccc3c2OC(C)(C)C3)c1Cl. The number of aromatic nitrogens is 1. The zero-order valence-electron chi connectivity index (χ0n) is 16.2. The van der Waals surface area contributed by atoms with Gasteiger partial charge in [-0.1, -0.05) is 35.3 Å². The number of amides is 1. The van der Waals surface area contributed by atoms with Gasteiger partial charge in [0.05, 0.1) is 10.0 Å². The van der Waals surface area contributed by atoms with E-state index in [1.54, 1.807) is 13.0 Å². The molecule has 0 atom stereocenters. The first-order valence-electron chi connectivity index (χ1n) is 8.86. The van der Waals surface area contributed by atoms with Gasteiger partial charge in [-0.15, -0.1) is 0 Å². The van der Waals surface area contributed by atoms with Gasteiger partial charge < -0.3 is 19.5 Å². The summed E-state index contributed by atoms with van der Waals surface area (Å²) in [6, 6.07) is 5.51. The van der Waals surface area contributed by atoms with E-state index in [9.17, 15) is 9.59 Å². The lowest BCUT2D eigenvalue weighted by Crippen LogP contribution is -2.25. The molecule has 0 saturated heterocycles. The largest absolute Gasteiger partial charge is 0.483 e. The van der Waals surface area contributed by atoms with Crippen LogP contribution in [0.25, 0.3) is 0 Å². The van der Waals surface area contributed by atoms with Crippen LogP contribution in [0.15, 0.2) is 24.4 Å². The Morgan fingerprint density at radius 1 is 1.28 bits per heavy atom. The summed E-state index contributed by atoms with van der Waals surface area (Å²) < 4.78 is 16.3. The predicted octanol–water partition coefficient (Wildman–Crippen LogP) is 3.97. The highest BCUT2D eigenvalue weighted by atomic mass is 35.5. The summed E-state index contributed by atoms with van der Waals surface area (Å²) in [6.45, 7) is 4.80. The average molecular weight is 439 g/mol. The van der Waals surface area contributed by atoms with Crippen molar-refractivity contribution in [3.8, 4) is 11.5 Å². The van der Waals surface area contributed by atoms with Crippen LogP contribution in [0.2, 0.25) is 10.0 Å². The molecule has 0 unspecified atom stereocenters. The van der Waals surface area contributed by atoms with Crippen LogP contribution in [0.5, 0.6) is 11.5 Å². The molecule has 2 aromatic rings. The van der Waals surface area contributed by atoms with Crippen LogP contribution in [0, 0.1) is 6.92 Å². The van der Waals surface area contributed by atoms with E-state index < -0.39 is 18.5 Å². The Morgan fingerprint density at radius 3 is 2.79 bits per heavy atom. The second-order valence-electron chi connectivity index (χ2n) is 7.17. The minimum atomic E-state index is -0.693. The fraction of sp³-hybridized carbons (Fsp3) is 0.350. The maximum absolute atomic E-state index is 12.0. The summed E-state index contributed by atoms with van der Waals surface area (Å²) in [6.07, 6.45) is 2.13. The van der Waals surface area contributed by atoms with E-state index in [0.29, 0.717) is 22.1 Å². The molecular weight excluding hydrogens is 419 g/mol. The summed E-state index contributed by atoms with van der Waals surface area (Å²) >= 11 is 12.0. The molecule has 1 amide bonds. The van der Waals surface area contributed by atoms with Gasteiger partial charge in [-0.25, -0.2) is 9.78 Å². The minimum absolute atomic E-state index is 0.144. The number of hydrogen-bond acceptors (Lipinski definition) is 6. The van der Waals surface area contributed by atoms with E-state index >= 15 is 0 Å². The molecule has 3 rings (SSSR count). The Balaban J connectivity index is 1.50. The number of nitrogens with one attached hydrogen (secondary N) is 1. The monoisotopic (exact) mass is 438 g/mol. The van der Waals surface area contributed by atoms with Gasteiger partial charge in [0.2, 0.25) is 0 Å². The number of rotatable bonds is 6. The molecule has 0 saturated carbocycles. The second-order valence-corrected chi connectivity index (χ2v) is 7.96. The molecule has 9 heteroatoms. The number of carbonyl (C=O) groups is 2. The number of pyridine rings is 1. The first-order valence-corrected chi connectivity index (χ1v) is 9.61. The third kappa shape index (κ3) is 5.10. The fourth-order valence-corrected chi connectivity index (χ4v) is 3.23. The fourth-order valence-electron chi connectivity index (χ4n) is 2.84. The van der Waals surface area contributed by atoms with Gasteiger partial charge in [-0.3, -0.25) is 4.79 Å². The highest BCUT2D eigenvalue weighted by molar-refractivity contribution is 6.37. The first-order chi connectivity index (χ1) is 13.7. The Kier molecular flexibility index (Phi) is 6.19. The van der Waals surface area contributed by atoms with Crippen molar-refractivity contribution >= 4 is 40.9 Å². The average Bonchev–Trinajstić information content (AvgIpc) is 2.99. The number of anilines is 1. The standard InChI is InChI=1S/C20H20Cl2N2O5/c1-11-13(21)8-23-19(17(11)22)24-15(25)9-28-16(26)10-27-14-6-4-5-12-7-20(2,3)29-18(12)14/h4-6,8H,7,9-10H2,1-3H3,(H,23,24,25). The summed E-state index contributed by atoms with van der Waals surface area (Å²) in [5.41, 5.74) is 1.28. The molecule has 1 aromatic carbocycles. The van der Waals surface area contributed by atoms with Crippen LogP contribution in [0.3, 0.4) is 0 Å². The summed E-state index contributed by atoms with van der Waals surface area (Å²) in [5, 5.41) is 3.08. The lowest BCUT2D eigenvalue weighted by Gasteiger charge is -2.18. The lowest BCUT2D eigenvalue weighted by molar-refractivity contribution is -0.149. The second kappa shape index (κ2) is 8.47. The molecule has 0 fully saturated rings. The van der Waals surface area contributed by atoms with E-state index in [0.717, 1.165) is 12.0 Å². The Hall–Kier alpha value is -2.51. The van der Waals surface area contributed by atoms with Crippen molar-refractivity contribution in [2.75, 3.05) is 18.5 Å². The third-order valence-electron chi connectivity index (χ3n) is 4.22. The molecule has 0 aliphatic carbocycles. The van der Waals surface area contributed by atoms with E-state index in [-0.39, 0.29) is 23.0 Å². The van der Waals surface area contributed by atoms with Gasteiger partial charge in [-0.05, 0) is 32.4 Å². The highest BCUT2D eigenvalue weighted by Crippen LogP contribution is 2.41. The van der Waals surface area contributed by atoms with Gasteiger partial charge in [0.1, 0.15) is 5.60 Å². The summed E-state index contributed by atoms with van der Waals surface area (Å²) in [7, 11) is 0. The molecule has 1 aliphatic heterocycles. The van der Waals surface area contributed by atoms with E-state index in [2.05, 4.69) is 10.3 Å². The molecule has 0 bridgehead atoms. The molecule has 154 valence electrons. The van der Waals surface area contributed by atoms with E-state index in [4.69, 9.17) is 37.4 Å². The molecule has 0 spiro atoms. The predicted molar refractivity (Wildman–Crippen MR) is 109 cm³/mol. The topological polar surface area (TPSA) is 86.8 Å². The maximum Gasteiger partial charge on any atom is 0.344 e. The normalized spacial score (nSPS) is 14.0. The Labute approximate surface area is 178 Å². The zero-order valence-corrected chi connectivity index (χ0v) is 17.7. The quantitative estimate of drug-likeness (QED) is 0.686. The van der Waals surface area contributed by atoms with Crippen molar-refractivity contribution in [3.05, 3.63) is 45.6 Å². The molecule has 7 nitrogen and oxygen atoms in total. The minimum Gasteiger partial charge on any atom is -0.483 e. The molecule has 29 heavy (non-hydrogen) atoms. The molecule has 1 aromatic heterocycles. The van der Waals surface area contributed by atoms with Crippen molar-refractivity contribution in [3.63, 3.8) is 0 Å². The van der Waals surface area contributed by atoms with Crippen molar-refractivity contribution < 1.29 is 23.8 Å². The van der Waals surface area contributed by atoms with Gasteiger partial charge in [0, 0.05) is 18.2 Å². The molecular formula is C20H20Cl2N2O5. The highest BCUT2D eigenvalue weighted by Gasteiger charge is 2.32. The number of fused-ring (bicyclic) bond motifs is 1. The molecule has 2 heterocycles. The summed E-state index contributed by atoms with van der Waals surface area (Å²) in [5.74, 6) is -0.0454. The number of esters is 1. The zero-order chi connectivity index (χ0) is 21.2. The van der Waals surface area contributed by atoms with Crippen molar-refractivity contribution in [2.45, 2.75) is 32.8 Å². The van der Waals surface area contributed by atoms with E-state index in [1.807, 2.05) is 26.0 Å². The smallest absolute Gasteiger partial charge is 0.344 e. The number of carbonyl (C=O) groups excluding carboxylic acids is 2. The van der Waals surface area contributed by atoms with Gasteiger partial charge in [-0.2, -0.15) is 0 Å². The lowest BCUT2D eigenvalue weighted by atomic mass is 10.0. The van der Waals surface area contributed by atoms with Gasteiger partial charge in [0.15, 0.2) is 30.5 Å². The van der Waals surface area contributed by atoms with Crippen LogP contribution in [0.4, 0.5) is 5.82 Å². The number of ether oxygens (including phenoxy) is 3. The van der Waals surface area contributed by atoms with Crippen LogP contribution in [-0.4, -0.2) is 35.7 Å². The van der Waals surface area contributed by atoms with Crippen molar-refractivity contribution in [2.24, 2.45) is 0 Å². The van der Waals surface area contributed by atoms with Gasteiger partial charge >= 0.3 is 5.97 Å². The van der Waals surface area contributed by atoms with Crippen molar-refractivity contribution in [1.82, 2.24) is 4.98 Å². The van der Waals surface area contributed by atoms with E-state index in [1.165, 1.54) is 6.20 Å². The Bertz CT molecular complexity index is 962. The number of benzene rings is 1. The van der Waals surface area contributed by atoms with Crippen molar-refractivity contribution in [1.29, 1.82) is 0 Å². The molecule has 1 N–H and O–H groups in total. The third-order valence-corrected chi connectivity index (χ3v) is 5.07. The Morgan fingerprint density at radius 2 is 2.03 bits per heavy atom. The maximum atomic E-state index is 12.0. The number of para-hydroxylation sites is 1.